The number of amides is 1. The van der Waals surface area contributed by atoms with Crippen LogP contribution in [0.2, 0.25) is 5.02 Å². The lowest BCUT2D eigenvalue weighted by atomic mass is 10.2. The molecule has 0 aliphatic heterocycles. The van der Waals surface area contributed by atoms with Crippen molar-refractivity contribution in [1.29, 1.82) is 0 Å². The van der Waals surface area contributed by atoms with Crippen molar-refractivity contribution < 1.29 is 24.0 Å². The quantitative estimate of drug-likeness (QED) is 0.299. The number of rotatable bonds is 6. The summed E-state index contributed by atoms with van der Waals surface area (Å²) in [5, 5.41) is 13.4. The van der Waals surface area contributed by atoms with Crippen LogP contribution in [-0.4, -0.2) is 33.6 Å². The van der Waals surface area contributed by atoms with Crippen LogP contribution in [0.25, 0.3) is 0 Å². The number of nitrogens with one attached hydrogen (secondary N) is 1. The zero-order chi connectivity index (χ0) is 23.7. The Kier molecular flexibility index (Phi) is 8.55. The second-order valence-electron chi connectivity index (χ2n) is 7.56. The molecule has 1 atom stereocenters. The van der Waals surface area contributed by atoms with Gasteiger partial charge in [0, 0.05) is 12.5 Å². The normalized spacial score (nSPS) is 11.5. The summed E-state index contributed by atoms with van der Waals surface area (Å²) in [4.78, 5) is 38.7. The molecular formula is C22H22ClN3O6. The Morgan fingerprint density at radius 3 is 2.53 bits per heavy atom. The number of carbonyl (C=O) groups is 2. The highest BCUT2D eigenvalue weighted by Crippen LogP contribution is 2.17. The predicted molar refractivity (Wildman–Crippen MR) is 117 cm³/mol. The first-order valence-corrected chi connectivity index (χ1v) is 9.93. The van der Waals surface area contributed by atoms with Crippen molar-refractivity contribution in [3.63, 3.8) is 0 Å². The molecule has 1 aromatic heterocycles. The SMILES string of the molecule is CC(C)(C)OC(=O)NC(CC#Cc1nc([N+](=O)[O-])ccc1Cl)C(=O)OCc1ccccc1. The summed E-state index contributed by atoms with van der Waals surface area (Å²) in [5.74, 6) is 4.13. The topological polar surface area (TPSA) is 121 Å². The molecule has 0 saturated heterocycles. The summed E-state index contributed by atoms with van der Waals surface area (Å²) < 4.78 is 10.5. The van der Waals surface area contributed by atoms with Gasteiger partial charge in [-0.2, -0.15) is 0 Å². The predicted octanol–water partition coefficient (Wildman–Crippen LogP) is 4.02. The van der Waals surface area contributed by atoms with E-state index in [9.17, 15) is 19.7 Å². The van der Waals surface area contributed by atoms with Crippen molar-refractivity contribution in [2.45, 2.75) is 45.4 Å². The van der Waals surface area contributed by atoms with Gasteiger partial charge < -0.3 is 24.9 Å². The first kappa shape index (κ1) is 24.6. The minimum atomic E-state index is -1.14. The highest BCUT2D eigenvalue weighted by Gasteiger charge is 2.25. The van der Waals surface area contributed by atoms with Gasteiger partial charge in [0.1, 0.15) is 23.3 Å². The van der Waals surface area contributed by atoms with Gasteiger partial charge in [-0.25, -0.2) is 9.59 Å². The van der Waals surface area contributed by atoms with Gasteiger partial charge in [-0.15, -0.1) is 0 Å². The van der Waals surface area contributed by atoms with Gasteiger partial charge in [0.2, 0.25) is 5.69 Å². The first-order valence-electron chi connectivity index (χ1n) is 9.55. The Bertz CT molecular complexity index is 1040. The second kappa shape index (κ2) is 11.1. The van der Waals surface area contributed by atoms with Crippen molar-refractivity contribution in [1.82, 2.24) is 10.3 Å². The van der Waals surface area contributed by atoms with Crippen molar-refractivity contribution in [3.05, 3.63) is 68.9 Å². The summed E-state index contributed by atoms with van der Waals surface area (Å²) in [6.45, 7) is 5.07. The zero-order valence-electron chi connectivity index (χ0n) is 17.8. The van der Waals surface area contributed by atoms with Crippen LogP contribution in [0.1, 0.15) is 38.4 Å². The molecule has 9 nitrogen and oxygen atoms in total. The molecule has 0 bridgehead atoms. The summed E-state index contributed by atoms with van der Waals surface area (Å²) in [7, 11) is 0. The molecule has 32 heavy (non-hydrogen) atoms. The lowest BCUT2D eigenvalue weighted by Gasteiger charge is -2.22. The number of esters is 1. The zero-order valence-corrected chi connectivity index (χ0v) is 18.5. The maximum atomic E-state index is 12.6. The molecule has 2 rings (SSSR count). The number of hydrogen-bond donors (Lipinski definition) is 1. The van der Waals surface area contributed by atoms with Crippen LogP contribution in [0.3, 0.4) is 0 Å². The molecule has 10 heteroatoms. The molecule has 0 aliphatic carbocycles. The molecule has 1 aromatic carbocycles. The summed E-state index contributed by atoms with van der Waals surface area (Å²) >= 11 is 5.98. The summed E-state index contributed by atoms with van der Waals surface area (Å²) in [6.07, 6.45) is -0.972. The molecular weight excluding hydrogens is 438 g/mol. The molecule has 0 spiro atoms. The van der Waals surface area contributed by atoms with Crippen LogP contribution in [0.5, 0.6) is 0 Å². The maximum Gasteiger partial charge on any atom is 0.408 e. The molecule has 0 aliphatic rings. The minimum Gasteiger partial charge on any atom is -0.459 e. The van der Waals surface area contributed by atoms with Gasteiger partial charge in [-0.3, -0.25) is 0 Å². The molecule has 168 valence electrons. The van der Waals surface area contributed by atoms with E-state index in [1.807, 2.05) is 6.07 Å². The third-order valence-corrected chi connectivity index (χ3v) is 4.04. The van der Waals surface area contributed by atoms with E-state index in [4.69, 9.17) is 21.1 Å². The van der Waals surface area contributed by atoms with Gasteiger partial charge in [-0.05, 0) is 48.2 Å². The molecule has 1 N–H and O–H groups in total. The van der Waals surface area contributed by atoms with E-state index in [0.717, 1.165) is 11.6 Å². The Morgan fingerprint density at radius 2 is 1.91 bits per heavy atom. The number of pyridine rings is 1. The monoisotopic (exact) mass is 459 g/mol. The van der Waals surface area contributed by atoms with Crippen molar-refractivity contribution in [3.8, 4) is 11.8 Å². The molecule has 0 saturated carbocycles. The molecule has 2 aromatic rings. The molecule has 1 unspecified atom stereocenters. The number of nitrogens with zero attached hydrogens (tertiary/aromatic N) is 2. The standard InChI is InChI=1S/C22H22ClN3O6/c1-22(2,3)32-21(28)25-18(20(27)31-14-15-8-5-4-6-9-15)11-7-10-17-16(23)12-13-19(24-17)26(29)30/h4-6,8-9,12-13,18H,11,14H2,1-3H3,(H,25,28). The number of halogens is 1. The number of benzene rings is 1. The number of ether oxygens (including phenoxy) is 2. The summed E-state index contributed by atoms with van der Waals surface area (Å²) in [5.41, 5.74) is -0.0145. The van der Waals surface area contributed by atoms with Crippen LogP contribution in [-0.2, 0) is 20.9 Å². The van der Waals surface area contributed by atoms with Gasteiger partial charge in [0.25, 0.3) is 0 Å². The van der Waals surface area contributed by atoms with Crippen LogP contribution in [0.15, 0.2) is 42.5 Å². The number of nitro groups is 1. The maximum absolute atomic E-state index is 12.6. The van der Waals surface area contributed by atoms with Crippen LogP contribution < -0.4 is 5.32 Å². The Labute approximate surface area is 190 Å². The summed E-state index contributed by atoms with van der Waals surface area (Å²) in [6, 6.07) is 10.3. The smallest absolute Gasteiger partial charge is 0.408 e. The van der Waals surface area contributed by atoms with E-state index >= 15 is 0 Å². The average Bonchev–Trinajstić information content (AvgIpc) is 2.71. The van der Waals surface area contributed by atoms with E-state index in [-0.39, 0.29) is 23.7 Å². The largest absolute Gasteiger partial charge is 0.459 e. The minimum absolute atomic E-state index is 0.0118. The van der Waals surface area contributed by atoms with Crippen molar-refractivity contribution >= 4 is 29.5 Å². The highest BCUT2D eigenvalue weighted by atomic mass is 35.5. The fraction of sp³-hybridized carbons (Fsp3) is 0.318. The Morgan fingerprint density at radius 1 is 1.22 bits per heavy atom. The van der Waals surface area contributed by atoms with E-state index in [2.05, 4.69) is 22.1 Å². The number of carbonyl (C=O) groups excluding carboxylic acids is 2. The Balaban J connectivity index is 2.15. The van der Waals surface area contributed by atoms with Gasteiger partial charge >= 0.3 is 17.9 Å². The van der Waals surface area contributed by atoms with Crippen LogP contribution in [0.4, 0.5) is 10.6 Å². The van der Waals surface area contributed by atoms with Crippen LogP contribution >= 0.6 is 11.6 Å². The van der Waals surface area contributed by atoms with E-state index in [0.29, 0.717) is 0 Å². The Hall–Kier alpha value is -3.64. The fourth-order valence-corrected chi connectivity index (χ4v) is 2.48. The van der Waals surface area contributed by atoms with Crippen LogP contribution in [0, 0.1) is 22.0 Å². The number of hydrogen-bond acceptors (Lipinski definition) is 7. The molecule has 1 heterocycles. The molecule has 1 amide bonds. The number of alkyl carbamates (subject to hydrolysis) is 1. The first-order chi connectivity index (χ1) is 15.0. The van der Waals surface area contributed by atoms with E-state index < -0.39 is 34.4 Å². The van der Waals surface area contributed by atoms with E-state index in [1.54, 1.807) is 45.0 Å². The third-order valence-electron chi connectivity index (χ3n) is 3.73. The third kappa shape index (κ3) is 8.24. The fourth-order valence-electron chi connectivity index (χ4n) is 2.33. The average molecular weight is 460 g/mol. The lowest BCUT2D eigenvalue weighted by molar-refractivity contribution is -0.389. The van der Waals surface area contributed by atoms with Gasteiger partial charge in [0.15, 0.2) is 0 Å². The van der Waals surface area contributed by atoms with Crippen molar-refractivity contribution in [2.24, 2.45) is 0 Å². The second-order valence-corrected chi connectivity index (χ2v) is 7.96. The van der Waals surface area contributed by atoms with Gasteiger partial charge in [0.05, 0.1) is 0 Å². The molecule has 0 fully saturated rings. The highest BCUT2D eigenvalue weighted by molar-refractivity contribution is 6.31. The lowest BCUT2D eigenvalue weighted by Crippen LogP contribution is -2.44. The van der Waals surface area contributed by atoms with Gasteiger partial charge in [-0.1, -0.05) is 47.9 Å². The van der Waals surface area contributed by atoms with Crippen molar-refractivity contribution in [2.75, 3.05) is 0 Å². The molecule has 0 radical (unpaired) electrons. The number of aromatic nitrogens is 1. The van der Waals surface area contributed by atoms with E-state index in [1.165, 1.54) is 6.07 Å².